The lowest BCUT2D eigenvalue weighted by atomic mass is 10.2. The molecule has 0 aliphatic heterocycles. The van der Waals surface area contributed by atoms with Crippen molar-refractivity contribution in [2.75, 3.05) is 5.33 Å². The zero-order valence-electron chi connectivity index (χ0n) is 5.87. The number of alkyl halides is 1. The van der Waals surface area contributed by atoms with E-state index in [9.17, 15) is 0 Å². The molecule has 0 heterocycles. The Labute approximate surface area is 86.3 Å². The monoisotopic (exact) mass is 248 g/mol. The van der Waals surface area contributed by atoms with Gasteiger partial charge in [0.2, 0.25) is 0 Å². The maximum atomic E-state index is 4.39. The van der Waals surface area contributed by atoms with E-state index in [2.05, 4.69) is 41.2 Å². The fourth-order valence-corrected chi connectivity index (χ4v) is 1.40. The van der Waals surface area contributed by atoms with Crippen LogP contribution in [-0.2, 0) is 4.08 Å². The molecule has 3 heteroatoms. The zero-order chi connectivity index (χ0) is 8.32. The summed E-state index contributed by atoms with van der Waals surface area (Å²) in [7, 11) is 0. The molecule has 60 valence electrons. The van der Waals surface area contributed by atoms with Crippen LogP contribution in [0.25, 0.3) is 0 Å². The summed E-state index contributed by atoms with van der Waals surface area (Å²) in [6, 6.07) is 9.98. The van der Waals surface area contributed by atoms with E-state index in [-0.39, 0.29) is 4.08 Å². The third kappa shape index (κ3) is 2.42. The second kappa shape index (κ2) is 3.87. The van der Waals surface area contributed by atoms with Crippen LogP contribution in [-0.4, -0.2) is 5.33 Å². The van der Waals surface area contributed by atoms with Gasteiger partial charge in [0.1, 0.15) is 0 Å². The van der Waals surface area contributed by atoms with Crippen molar-refractivity contribution in [1.82, 2.24) is 0 Å². The Morgan fingerprint density at radius 3 is 2.18 bits per heavy atom. The van der Waals surface area contributed by atoms with Gasteiger partial charge in [-0.1, -0.05) is 46.3 Å². The molecule has 0 aromatic heterocycles. The van der Waals surface area contributed by atoms with Gasteiger partial charge in [-0.05, 0) is 5.56 Å². The summed E-state index contributed by atoms with van der Waals surface area (Å²) >= 11 is 12.1. The average Bonchev–Trinajstić information content (AvgIpc) is 2.06. The van der Waals surface area contributed by atoms with Gasteiger partial charge in [-0.25, -0.2) is 0 Å². The quantitative estimate of drug-likeness (QED) is 0.449. The van der Waals surface area contributed by atoms with Gasteiger partial charge in [0.25, 0.3) is 0 Å². The zero-order valence-corrected chi connectivity index (χ0v) is 9.24. The summed E-state index contributed by atoms with van der Waals surface area (Å²) < 4.78 is -0.360. The third-order valence-electron chi connectivity index (χ3n) is 1.42. The Balaban J connectivity index is 2.93. The van der Waals surface area contributed by atoms with Crippen molar-refractivity contribution in [2.24, 2.45) is 0 Å². The van der Waals surface area contributed by atoms with Gasteiger partial charge in [0.15, 0.2) is 0 Å². The number of rotatable bonds is 2. The van der Waals surface area contributed by atoms with Crippen molar-refractivity contribution in [3.8, 4) is 0 Å². The smallest absolute Gasteiger partial charge is 0.0899 e. The minimum atomic E-state index is -0.360. The molecule has 0 saturated heterocycles. The standard InChI is InChI=1S/C8H9BrS2/c9-6-8(10,11)7-4-2-1-3-5-7/h1-5,10-11H,6H2. The summed E-state index contributed by atoms with van der Waals surface area (Å²) in [5.41, 5.74) is 1.11. The highest BCUT2D eigenvalue weighted by atomic mass is 79.9. The molecule has 1 rings (SSSR count). The van der Waals surface area contributed by atoms with Crippen LogP contribution in [0.1, 0.15) is 5.56 Å². The molecule has 0 N–H and O–H groups in total. The maximum Gasteiger partial charge on any atom is 0.0899 e. The molecule has 0 aliphatic rings. The van der Waals surface area contributed by atoms with Gasteiger partial charge in [0.05, 0.1) is 4.08 Å². The first kappa shape index (κ1) is 9.49. The summed E-state index contributed by atoms with van der Waals surface area (Å²) in [5.74, 6) is 0. The van der Waals surface area contributed by atoms with E-state index in [1.165, 1.54) is 0 Å². The molecule has 1 aromatic carbocycles. The van der Waals surface area contributed by atoms with Gasteiger partial charge in [0, 0.05) is 5.33 Å². The molecule has 0 amide bonds. The van der Waals surface area contributed by atoms with Crippen LogP contribution in [0.2, 0.25) is 0 Å². The van der Waals surface area contributed by atoms with Crippen LogP contribution >= 0.6 is 41.2 Å². The molecule has 0 atom stereocenters. The van der Waals surface area contributed by atoms with Crippen molar-refractivity contribution >= 4 is 41.2 Å². The summed E-state index contributed by atoms with van der Waals surface area (Å²) in [4.78, 5) is 0. The molecular weight excluding hydrogens is 240 g/mol. The van der Waals surface area contributed by atoms with E-state index in [1.54, 1.807) is 0 Å². The van der Waals surface area contributed by atoms with Crippen molar-refractivity contribution in [3.63, 3.8) is 0 Å². The fourth-order valence-electron chi connectivity index (χ4n) is 0.782. The maximum absolute atomic E-state index is 4.39. The van der Waals surface area contributed by atoms with Crippen LogP contribution in [0.5, 0.6) is 0 Å². The summed E-state index contributed by atoms with van der Waals surface area (Å²) in [6.45, 7) is 0. The third-order valence-corrected chi connectivity index (χ3v) is 3.96. The highest BCUT2D eigenvalue weighted by molar-refractivity contribution is 9.09. The first-order valence-electron chi connectivity index (χ1n) is 3.23. The predicted molar refractivity (Wildman–Crippen MR) is 59.9 cm³/mol. The topological polar surface area (TPSA) is 0 Å². The molecule has 0 spiro atoms. The minimum absolute atomic E-state index is 0.360. The SMILES string of the molecule is SC(S)(CBr)c1ccccc1. The van der Waals surface area contributed by atoms with Crippen LogP contribution in [0, 0.1) is 0 Å². The molecule has 0 nitrogen and oxygen atoms in total. The van der Waals surface area contributed by atoms with Gasteiger partial charge in [-0.3, -0.25) is 0 Å². The molecule has 0 radical (unpaired) electrons. The van der Waals surface area contributed by atoms with E-state index in [4.69, 9.17) is 0 Å². The van der Waals surface area contributed by atoms with E-state index in [0.717, 1.165) is 10.9 Å². The highest BCUT2D eigenvalue weighted by Crippen LogP contribution is 2.34. The first-order chi connectivity index (χ1) is 5.17. The molecule has 1 aromatic rings. The predicted octanol–water partition coefficient (Wildman–Crippen LogP) is 3.09. The van der Waals surface area contributed by atoms with E-state index >= 15 is 0 Å². The first-order valence-corrected chi connectivity index (χ1v) is 5.24. The van der Waals surface area contributed by atoms with Crippen molar-refractivity contribution in [3.05, 3.63) is 35.9 Å². The van der Waals surface area contributed by atoms with E-state index in [0.29, 0.717) is 0 Å². The Morgan fingerprint density at radius 1 is 1.18 bits per heavy atom. The highest BCUT2D eigenvalue weighted by Gasteiger charge is 2.20. The second-order valence-corrected chi connectivity index (χ2v) is 4.76. The van der Waals surface area contributed by atoms with Gasteiger partial charge < -0.3 is 0 Å². The van der Waals surface area contributed by atoms with Crippen LogP contribution < -0.4 is 0 Å². The molecule has 0 aliphatic carbocycles. The van der Waals surface area contributed by atoms with Gasteiger partial charge in [-0.2, -0.15) is 25.3 Å². The second-order valence-electron chi connectivity index (χ2n) is 2.32. The molecular formula is C8H9BrS2. The Hall–Kier alpha value is 0.400. The largest absolute Gasteiger partial charge is 0.156 e. The lowest BCUT2D eigenvalue weighted by molar-refractivity contribution is 1.06. The lowest BCUT2D eigenvalue weighted by Crippen LogP contribution is -2.11. The van der Waals surface area contributed by atoms with E-state index in [1.807, 2.05) is 30.3 Å². The Kier molecular flexibility index (Phi) is 3.34. The van der Waals surface area contributed by atoms with Gasteiger partial charge in [-0.15, -0.1) is 0 Å². The lowest BCUT2D eigenvalue weighted by Gasteiger charge is -2.19. The molecule has 11 heavy (non-hydrogen) atoms. The summed E-state index contributed by atoms with van der Waals surface area (Å²) in [5, 5.41) is 0.732. The van der Waals surface area contributed by atoms with Crippen LogP contribution in [0.15, 0.2) is 30.3 Å². The van der Waals surface area contributed by atoms with Crippen LogP contribution in [0.4, 0.5) is 0 Å². The number of thiol groups is 2. The molecule has 0 unspecified atom stereocenters. The molecule has 0 bridgehead atoms. The van der Waals surface area contributed by atoms with Crippen LogP contribution in [0.3, 0.4) is 0 Å². The number of hydrogen-bond donors (Lipinski definition) is 2. The van der Waals surface area contributed by atoms with Gasteiger partial charge >= 0.3 is 0 Å². The fraction of sp³-hybridized carbons (Fsp3) is 0.250. The van der Waals surface area contributed by atoms with Crippen molar-refractivity contribution < 1.29 is 0 Å². The normalized spacial score (nSPS) is 11.5. The molecule has 0 fully saturated rings. The van der Waals surface area contributed by atoms with E-state index < -0.39 is 0 Å². The average molecular weight is 249 g/mol. The molecule has 0 saturated carbocycles. The van der Waals surface area contributed by atoms with Crippen molar-refractivity contribution in [2.45, 2.75) is 4.08 Å². The minimum Gasteiger partial charge on any atom is -0.156 e. The summed E-state index contributed by atoms with van der Waals surface area (Å²) in [6.07, 6.45) is 0. The number of halogens is 1. The Morgan fingerprint density at radius 2 is 1.73 bits per heavy atom. The number of benzene rings is 1. The van der Waals surface area contributed by atoms with Crippen molar-refractivity contribution in [1.29, 1.82) is 0 Å². The Bertz CT molecular complexity index is 221. The number of hydrogen-bond acceptors (Lipinski definition) is 2.